The number of carbonyl (C=O) groups is 1. The fraction of sp³-hybridized carbons (Fsp3) is 0.222. The lowest BCUT2D eigenvalue weighted by Gasteiger charge is -2.08. The summed E-state index contributed by atoms with van der Waals surface area (Å²) in [5, 5.41) is 6.79. The normalized spacial score (nSPS) is 23.2. The molecule has 2 aliphatic rings. The molecule has 0 aromatic heterocycles. The van der Waals surface area contributed by atoms with E-state index < -0.39 is 9.84 Å². The van der Waals surface area contributed by atoms with Crippen molar-refractivity contribution in [2.24, 2.45) is 4.99 Å². The summed E-state index contributed by atoms with van der Waals surface area (Å²) >= 11 is 1.47. The van der Waals surface area contributed by atoms with Gasteiger partial charge in [-0.05, 0) is 36.4 Å². The lowest BCUT2D eigenvalue weighted by Crippen LogP contribution is -2.13. The van der Waals surface area contributed by atoms with Crippen molar-refractivity contribution in [3.8, 4) is 0 Å². The highest BCUT2D eigenvalue weighted by molar-refractivity contribution is 8.15. The van der Waals surface area contributed by atoms with Crippen LogP contribution in [0.1, 0.15) is 10.4 Å². The molecule has 0 saturated carbocycles. The molecule has 1 fully saturated rings. The fourth-order valence-corrected chi connectivity index (χ4v) is 6.65. The number of rotatable bonds is 3. The SMILES string of the molecule is O=C(Nc1ccccc1)c1ccc(NC2=N[C@H]3CS(=O)(=O)C[C@@H]3S2)cc1. The average Bonchev–Trinajstić information content (AvgIpc) is 3.09. The minimum absolute atomic E-state index is 0.0124. The van der Waals surface area contributed by atoms with Crippen LogP contribution in [-0.4, -0.2) is 42.3 Å². The maximum Gasteiger partial charge on any atom is 0.255 e. The second kappa shape index (κ2) is 6.77. The third-order valence-electron chi connectivity index (χ3n) is 4.25. The van der Waals surface area contributed by atoms with Gasteiger partial charge in [-0.15, -0.1) is 0 Å². The van der Waals surface area contributed by atoms with E-state index in [0.717, 1.165) is 16.5 Å². The predicted molar refractivity (Wildman–Crippen MR) is 106 cm³/mol. The monoisotopic (exact) mass is 387 g/mol. The second-order valence-corrected chi connectivity index (χ2v) is 9.64. The molecular formula is C18H17N3O3S2. The maximum absolute atomic E-state index is 12.2. The highest BCUT2D eigenvalue weighted by Gasteiger charge is 2.42. The largest absolute Gasteiger partial charge is 0.335 e. The van der Waals surface area contributed by atoms with Crippen molar-refractivity contribution in [1.29, 1.82) is 0 Å². The molecule has 0 spiro atoms. The van der Waals surface area contributed by atoms with Gasteiger partial charge in [0.25, 0.3) is 5.91 Å². The molecule has 4 rings (SSSR count). The predicted octanol–water partition coefficient (Wildman–Crippen LogP) is 2.62. The molecule has 0 unspecified atom stereocenters. The molecule has 0 bridgehead atoms. The van der Waals surface area contributed by atoms with E-state index in [-0.39, 0.29) is 28.7 Å². The molecule has 2 aliphatic heterocycles. The zero-order chi connectivity index (χ0) is 18.1. The summed E-state index contributed by atoms with van der Waals surface area (Å²) in [6.45, 7) is 0. The van der Waals surface area contributed by atoms with Crippen LogP contribution < -0.4 is 10.6 Å². The number of para-hydroxylation sites is 1. The fourth-order valence-electron chi connectivity index (χ4n) is 2.97. The molecule has 2 aromatic carbocycles. The van der Waals surface area contributed by atoms with E-state index >= 15 is 0 Å². The summed E-state index contributed by atoms with van der Waals surface area (Å²) in [6, 6.07) is 16.2. The molecule has 134 valence electrons. The van der Waals surface area contributed by atoms with Crippen LogP contribution in [-0.2, 0) is 9.84 Å². The van der Waals surface area contributed by atoms with E-state index in [0.29, 0.717) is 5.56 Å². The van der Waals surface area contributed by atoms with Crippen molar-refractivity contribution in [3.63, 3.8) is 0 Å². The number of amidine groups is 1. The van der Waals surface area contributed by atoms with Crippen molar-refractivity contribution < 1.29 is 13.2 Å². The molecule has 1 saturated heterocycles. The van der Waals surface area contributed by atoms with E-state index in [1.54, 1.807) is 12.1 Å². The first-order valence-electron chi connectivity index (χ1n) is 8.17. The van der Waals surface area contributed by atoms with Crippen molar-refractivity contribution >= 4 is 44.0 Å². The second-order valence-electron chi connectivity index (χ2n) is 6.26. The molecule has 0 radical (unpaired) electrons. The Labute approximate surface area is 156 Å². The maximum atomic E-state index is 12.2. The third kappa shape index (κ3) is 3.76. The smallest absolute Gasteiger partial charge is 0.255 e. The van der Waals surface area contributed by atoms with Gasteiger partial charge in [0.1, 0.15) is 0 Å². The van der Waals surface area contributed by atoms with Gasteiger partial charge < -0.3 is 10.6 Å². The number of hydrogen-bond acceptors (Lipinski definition) is 6. The number of amides is 1. The first-order valence-corrected chi connectivity index (χ1v) is 10.9. The van der Waals surface area contributed by atoms with Gasteiger partial charge in [0.15, 0.2) is 15.0 Å². The van der Waals surface area contributed by atoms with Gasteiger partial charge in [-0.1, -0.05) is 30.0 Å². The number of carbonyl (C=O) groups excluding carboxylic acids is 1. The number of nitrogens with zero attached hydrogens (tertiary/aromatic N) is 1. The Morgan fingerprint density at radius 3 is 2.42 bits per heavy atom. The number of nitrogens with one attached hydrogen (secondary N) is 2. The third-order valence-corrected chi connectivity index (χ3v) is 7.39. The van der Waals surface area contributed by atoms with Gasteiger partial charge in [-0.25, -0.2) is 8.42 Å². The lowest BCUT2D eigenvalue weighted by atomic mass is 10.2. The van der Waals surface area contributed by atoms with Crippen LogP contribution in [0.3, 0.4) is 0 Å². The van der Waals surface area contributed by atoms with Crippen LogP contribution in [0, 0.1) is 0 Å². The van der Waals surface area contributed by atoms with Crippen LogP contribution in [0.2, 0.25) is 0 Å². The van der Waals surface area contributed by atoms with Crippen molar-refractivity contribution in [3.05, 3.63) is 60.2 Å². The number of fused-ring (bicyclic) bond motifs is 1. The van der Waals surface area contributed by atoms with Gasteiger partial charge in [0, 0.05) is 22.2 Å². The van der Waals surface area contributed by atoms with Gasteiger partial charge in [0.05, 0.1) is 17.5 Å². The molecule has 1 amide bonds. The highest BCUT2D eigenvalue weighted by Crippen LogP contribution is 2.34. The van der Waals surface area contributed by atoms with E-state index in [1.807, 2.05) is 42.5 Å². The molecule has 8 heteroatoms. The van der Waals surface area contributed by atoms with Crippen LogP contribution >= 0.6 is 11.8 Å². The van der Waals surface area contributed by atoms with Crippen molar-refractivity contribution in [2.45, 2.75) is 11.3 Å². The Morgan fingerprint density at radius 1 is 1.00 bits per heavy atom. The standard InChI is InChI=1S/C18H17N3O3S2/c22-17(19-13-4-2-1-3-5-13)12-6-8-14(9-7-12)20-18-21-15-10-26(23,24)11-16(15)25-18/h1-9,15-16H,10-11H2,(H,19,22)(H,20,21)/t15-,16-/m0/s1. The van der Waals surface area contributed by atoms with Crippen LogP contribution in [0.25, 0.3) is 0 Å². The van der Waals surface area contributed by atoms with Crippen LogP contribution in [0.4, 0.5) is 11.4 Å². The Morgan fingerprint density at radius 2 is 1.73 bits per heavy atom. The van der Waals surface area contributed by atoms with Crippen LogP contribution in [0.5, 0.6) is 0 Å². The van der Waals surface area contributed by atoms with Crippen molar-refractivity contribution in [1.82, 2.24) is 0 Å². The van der Waals surface area contributed by atoms with E-state index in [4.69, 9.17) is 0 Å². The first-order chi connectivity index (χ1) is 12.5. The summed E-state index contributed by atoms with van der Waals surface area (Å²) < 4.78 is 23.2. The number of thioether (sulfide) groups is 1. The van der Waals surface area contributed by atoms with Crippen molar-refractivity contribution in [2.75, 3.05) is 22.1 Å². The van der Waals surface area contributed by atoms with E-state index in [1.165, 1.54) is 11.8 Å². The molecule has 6 nitrogen and oxygen atoms in total. The first kappa shape index (κ1) is 17.1. The summed E-state index contributed by atoms with van der Waals surface area (Å²) in [5.74, 6) is 0.152. The molecule has 2 aromatic rings. The number of anilines is 2. The number of benzene rings is 2. The minimum atomic E-state index is -2.94. The Bertz CT molecular complexity index is 957. The quantitative estimate of drug-likeness (QED) is 0.845. The molecule has 2 atom stereocenters. The zero-order valence-electron chi connectivity index (χ0n) is 13.8. The summed E-state index contributed by atoms with van der Waals surface area (Å²) in [7, 11) is -2.94. The molecule has 2 N–H and O–H groups in total. The Hall–Kier alpha value is -2.32. The zero-order valence-corrected chi connectivity index (χ0v) is 15.4. The summed E-state index contributed by atoms with van der Waals surface area (Å²) in [5.41, 5.74) is 2.12. The molecule has 26 heavy (non-hydrogen) atoms. The van der Waals surface area contributed by atoms with Gasteiger partial charge in [-0.2, -0.15) is 0 Å². The number of sulfone groups is 1. The van der Waals surface area contributed by atoms with Gasteiger partial charge in [-0.3, -0.25) is 9.79 Å². The number of hydrogen-bond donors (Lipinski definition) is 2. The summed E-state index contributed by atoms with van der Waals surface area (Å²) in [4.78, 5) is 16.7. The average molecular weight is 387 g/mol. The van der Waals surface area contributed by atoms with Gasteiger partial charge in [0.2, 0.25) is 0 Å². The number of aliphatic imine (C=N–C) groups is 1. The summed E-state index contributed by atoms with van der Waals surface area (Å²) in [6.07, 6.45) is 0. The van der Waals surface area contributed by atoms with E-state index in [9.17, 15) is 13.2 Å². The highest BCUT2D eigenvalue weighted by atomic mass is 32.2. The Balaban J connectivity index is 1.39. The molecular weight excluding hydrogens is 370 g/mol. The molecule has 2 heterocycles. The Kier molecular flexibility index (Phi) is 4.46. The van der Waals surface area contributed by atoms with E-state index in [2.05, 4.69) is 15.6 Å². The lowest BCUT2D eigenvalue weighted by molar-refractivity contribution is 0.102. The minimum Gasteiger partial charge on any atom is -0.335 e. The molecule has 0 aliphatic carbocycles. The van der Waals surface area contributed by atoms with Gasteiger partial charge >= 0.3 is 0 Å². The van der Waals surface area contributed by atoms with Crippen LogP contribution in [0.15, 0.2) is 59.6 Å². The topological polar surface area (TPSA) is 87.6 Å².